The molecule has 0 N–H and O–H groups in total. The first kappa shape index (κ1) is 8.08. The van der Waals surface area contributed by atoms with Crippen LogP contribution in [0.1, 0.15) is 38.5 Å². The molecule has 0 heterocycles. The van der Waals surface area contributed by atoms with Crippen LogP contribution in [0.25, 0.3) is 0 Å². The largest absolute Gasteiger partial charge is 0.198 e. The lowest BCUT2D eigenvalue weighted by molar-refractivity contribution is 0.313. The van der Waals surface area contributed by atoms with Crippen LogP contribution in [0.3, 0.4) is 0 Å². The van der Waals surface area contributed by atoms with Crippen molar-refractivity contribution in [1.29, 1.82) is 10.5 Å². The molecule has 0 spiro atoms. The van der Waals surface area contributed by atoms with E-state index in [2.05, 4.69) is 12.1 Å². The van der Waals surface area contributed by atoms with Crippen LogP contribution >= 0.6 is 0 Å². The molecule has 0 aromatic heterocycles. The molecule has 0 radical (unpaired) electrons. The molecule has 0 aromatic carbocycles. The van der Waals surface area contributed by atoms with E-state index >= 15 is 0 Å². The minimum absolute atomic E-state index is 0.0729. The fourth-order valence-electron chi connectivity index (χ4n) is 1.88. The molecule has 0 bridgehead atoms. The topological polar surface area (TPSA) is 47.6 Å². The number of nitrogens with zero attached hydrogens (tertiary/aromatic N) is 2. The molecule has 1 aliphatic rings. The predicted octanol–water partition coefficient (Wildman–Crippen LogP) is 2.37. The van der Waals surface area contributed by atoms with Crippen LogP contribution in [0.4, 0.5) is 0 Å². The zero-order valence-corrected chi connectivity index (χ0v) is 6.64. The molecule has 1 fully saturated rings. The summed E-state index contributed by atoms with van der Waals surface area (Å²) >= 11 is 0. The summed E-state index contributed by atoms with van der Waals surface area (Å²) < 4.78 is 0. The second kappa shape index (κ2) is 3.39. The van der Waals surface area contributed by atoms with Crippen molar-refractivity contribution in [2.75, 3.05) is 0 Å². The third-order valence-electron chi connectivity index (χ3n) is 2.57. The van der Waals surface area contributed by atoms with Gasteiger partial charge in [-0.25, -0.2) is 0 Å². The fraction of sp³-hybridized carbons (Fsp3) is 0.778. The average Bonchev–Trinajstić information content (AvgIpc) is 2.39. The first-order valence-electron chi connectivity index (χ1n) is 4.07. The van der Waals surface area contributed by atoms with Crippen molar-refractivity contribution in [3.05, 3.63) is 0 Å². The lowest BCUT2D eigenvalue weighted by Crippen LogP contribution is -2.14. The van der Waals surface area contributed by atoms with E-state index in [4.69, 9.17) is 10.5 Å². The van der Waals surface area contributed by atoms with E-state index in [0.717, 1.165) is 12.8 Å². The van der Waals surface area contributed by atoms with Crippen molar-refractivity contribution < 1.29 is 0 Å². The SMILES string of the molecule is N#[14C]CC1(C[14C]#N)CCCC1. The normalized spacial score (nSPS) is 20.5. The molecule has 0 aliphatic heterocycles. The minimum atomic E-state index is 0.0729. The van der Waals surface area contributed by atoms with Crippen LogP contribution in [0, 0.1) is 28.1 Å². The quantitative estimate of drug-likeness (QED) is 0.609. The Labute approximate surface area is 67.4 Å². The lowest BCUT2D eigenvalue weighted by Gasteiger charge is -2.21. The van der Waals surface area contributed by atoms with Crippen LogP contribution in [0.5, 0.6) is 0 Å². The number of nitriles is 2. The Morgan fingerprint density at radius 3 is 1.82 bits per heavy atom. The maximum Gasteiger partial charge on any atom is 0.0627 e. The molecule has 58 valence electrons. The first-order chi connectivity index (χ1) is 5.33. The Morgan fingerprint density at radius 2 is 1.45 bits per heavy atom. The van der Waals surface area contributed by atoms with Crippen molar-refractivity contribution in [3.8, 4) is 12.1 Å². The monoisotopic (exact) mass is 152 g/mol. The van der Waals surface area contributed by atoms with Gasteiger partial charge in [0, 0.05) is 12.8 Å². The molecule has 1 aliphatic carbocycles. The Balaban J connectivity index is 2.57. The van der Waals surface area contributed by atoms with E-state index < -0.39 is 0 Å². The smallest absolute Gasteiger partial charge is 0.0627 e. The fourth-order valence-corrected chi connectivity index (χ4v) is 1.88. The van der Waals surface area contributed by atoms with Gasteiger partial charge < -0.3 is 0 Å². The second-order valence-electron chi connectivity index (χ2n) is 3.38. The van der Waals surface area contributed by atoms with Gasteiger partial charge in [-0.2, -0.15) is 10.5 Å². The molecule has 0 saturated heterocycles. The van der Waals surface area contributed by atoms with Gasteiger partial charge in [-0.05, 0) is 18.3 Å². The van der Waals surface area contributed by atoms with E-state index in [9.17, 15) is 0 Å². The molecule has 2 nitrogen and oxygen atoms in total. The Morgan fingerprint density at radius 1 is 1.00 bits per heavy atom. The standard InChI is InChI=1S/C9H12N2/c10-7-5-9(6-8-11)3-1-2-4-9/h1-6H2/i7+2,8+2. The summed E-state index contributed by atoms with van der Waals surface area (Å²) in [5.74, 6) is 0. The maximum absolute atomic E-state index is 8.56. The third kappa shape index (κ3) is 1.71. The molecule has 0 unspecified atom stereocenters. The highest BCUT2D eigenvalue weighted by molar-refractivity contribution is 4.97. The summed E-state index contributed by atoms with van der Waals surface area (Å²) in [5, 5.41) is 17.1. The van der Waals surface area contributed by atoms with Crippen LogP contribution < -0.4 is 0 Å². The van der Waals surface area contributed by atoms with Gasteiger partial charge in [0.05, 0.1) is 12.1 Å². The molecular weight excluding hydrogens is 140 g/mol. The zero-order valence-electron chi connectivity index (χ0n) is 6.64. The van der Waals surface area contributed by atoms with Gasteiger partial charge in [0.1, 0.15) is 0 Å². The molecule has 0 amide bonds. The van der Waals surface area contributed by atoms with Crippen molar-refractivity contribution in [2.24, 2.45) is 5.41 Å². The Bertz CT molecular complexity index is 183. The van der Waals surface area contributed by atoms with Gasteiger partial charge in [0.2, 0.25) is 0 Å². The van der Waals surface area contributed by atoms with Gasteiger partial charge in [0.25, 0.3) is 0 Å². The number of rotatable bonds is 2. The number of hydrogen-bond acceptors (Lipinski definition) is 2. The summed E-state index contributed by atoms with van der Waals surface area (Å²) in [6, 6.07) is 4.37. The summed E-state index contributed by atoms with van der Waals surface area (Å²) in [4.78, 5) is 0. The van der Waals surface area contributed by atoms with Crippen molar-refractivity contribution in [3.63, 3.8) is 0 Å². The predicted molar refractivity (Wildman–Crippen MR) is 41.4 cm³/mol. The summed E-state index contributed by atoms with van der Waals surface area (Å²) in [6.45, 7) is 0. The highest BCUT2D eigenvalue weighted by atomic mass is 14.9. The molecule has 0 aromatic rings. The molecular formula is C9H12N2. The van der Waals surface area contributed by atoms with Gasteiger partial charge in [0.15, 0.2) is 0 Å². The van der Waals surface area contributed by atoms with Gasteiger partial charge >= 0.3 is 0 Å². The summed E-state index contributed by atoms with van der Waals surface area (Å²) in [6.07, 6.45) is 5.69. The van der Waals surface area contributed by atoms with Gasteiger partial charge in [-0.3, -0.25) is 0 Å². The van der Waals surface area contributed by atoms with Crippen LogP contribution in [-0.4, -0.2) is 0 Å². The van der Waals surface area contributed by atoms with Gasteiger partial charge in [-0.15, -0.1) is 0 Å². The molecule has 0 atom stereocenters. The minimum Gasteiger partial charge on any atom is -0.198 e. The molecule has 1 saturated carbocycles. The molecule has 1 rings (SSSR count). The molecule has 2 heteroatoms. The van der Waals surface area contributed by atoms with E-state index in [1.54, 1.807) is 0 Å². The first-order valence-corrected chi connectivity index (χ1v) is 4.07. The van der Waals surface area contributed by atoms with Gasteiger partial charge in [-0.1, -0.05) is 12.8 Å². The highest BCUT2D eigenvalue weighted by Crippen LogP contribution is 2.43. The lowest BCUT2D eigenvalue weighted by atomic mass is 9.87. The zero-order chi connectivity index (χ0) is 8.16. The summed E-state index contributed by atoms with van der Waals surface area (Å²) in [7, 11) is 0. The van der Waals surface area contributed by atoms with E-state index in [-0.39, 0.29) is 5.41 Å². The van der Waals surface area contributed by atoms with Crippen LogP contribution in [0.2, 0.25) is 0 Å². The van der Waals surface area contributed by atoms with Crippen molar-refractivity contribution in [1.82, 2.24) is 0 Å². The van der Waals surface area contributed by atoms with Crippen molar-refractivity contribution in [2.45, 2.75) is 38.5 Å². The number of hydrogen-bond donors (Lipinski definition) is 0. The Kier molecular flexibility index (Phi) is 2.49. The molecule has 11 heavy (non-hydrogen) atoms. The third-order valence-corrected chi connectivity index (χ3v) is 2.57. The van der Waals surface area contributed by atoms with E-state index in [1.165, 1.54) is 12.8 Å². The maximum atomic E-state index is 8.56. The van der Waals surface area contributed by atoms with Crippen LogP contribution in [0.15, 0.2) is 0 Å². The van der Waals surface area contributed by atoms with Crippen LogP contribution in [-0.2, 0) is 0 Å². The van der Waals surface area contributed by atoms with E-state index in [1.807, 2.05) is 0 Å². The summed E-state index contributed by atoms with van der Waals surface area (Å²) in [5.41, 5.74) is 0.0729. The highest BCUT2D eigenvalue weighted by Gasteiger charge is 2.33. The van der Waals surface area contributed by atoms with E-state index in [0.29, 0.717) is 12.8 Å². The Hall–Kier alpha value is -1.02. The van der Waals surface area contributed by atoms with Crippen molar-refractivity contribution >= 4 is 0 Å². The average molecular weight is 152 g/mol. The second-order valence-corrected chi connectivity index (χ2v) is 3.38.